The van der Waals surface area contributed by atoms with E-state index in [9.17, 15) is 0 Å². The lowest BCUT2D eigenvalue weighted by Crippen LogP contribution is -1.87. The van der Waals surface area contributed by atoms with Crippen LogP contribution in [0.15, 0.2) is 60.3 Å². The number of pyridine rings is 1. The Bertz CT molecular complexity index is 421. The van der Waals surface area contributed by atoms with Crippen molar-refractivity contribution in [3.05, 3.63) is 71.4 Å². The summed E-state index contributed by atoms with van der Waals surface area (Å²) in [7, 11) is 0. The number of benzene rings is 1. The molecule has 0 atom stereocenters. The molecule has 80 valence electrons. The average Bonchev–Trinajstić information content (AvgIpc) is 2.38. The molecule has 0 aliphatic rings. The van der Waals surface area contributed by atoms with Crippen molar-refractivity contribution >= 4 is 17.3 Å². The summed E-state index contributed by atoms with van der Waals surface area (Å²) >= 11 is 1.71. The van der Waals surface area contributed by atoms with E-state index in [-0.39, 0.29) is 0 Å². The molecule has 0 bridgehead atoms. The number of thioether (sulfide) groups is 1. The van der Waals surface area contributed by atoms with E-state index >= 15 is 0 Å². The largest absolute Gasteiger partial charge is 0.264 e. The molecule has 2 aromatic rings. The highest BCUT2D eigenvalue weighted by Gasteiger charge is 2.03. The molecule has 1 heterocycles. The monoisotopic (exact) mass is 227 g/mol. The van der Waals surface area contributed by atoms with Crippen LogP contribution < -0.4 is 0 Å². The molecule has 1 aromatic carbocycles. The zero-order chi connectivity index (χ0) is 11.2. The van der Waals surface area contributed by atoms with Crippen LogP contribution in [-0.4, -0.2) is 11.2 Å². The summed E-state index contributed by atoms with van der Waals surface area (Å²) in [4.78, 5) is 4.16. The molecular formula is C14H13NS. The van der Waals surface area contributed by atoms with E-state index in [2.05, 4.69) is 47.0 Å². The van der Waals surface area contributed by atoms with Crippen LogP contribution in [0, 0.1) is 0 Å². The second kappa shape index (κ2) is 5.52. The molecule has 0 aliphatic heterocycles. The number of nitrogens with zero attached hydrogens (tertiary/aromatic N) is 1. The summed E-state index contributed by atoms with van der Waals surface area (Å²) in [6.07, 6.45) is 5.76. The van der Waals surface area contributed by atoms with Crippen LogP contribution in [0.4, 0.5) is 0 Å². The van der Waals surface area contributed by atoms with Crippen LogP contribution in [-0.2, 0) is 0 Å². The molecular weight excluding hydrogens is 214 g/mol. The molecule has 0 aliphatic carbocycles. The van der Waals surface area contributed by atoms with E-state index in [1.807, 2.05) is 18.3 Å². The van der Waals surface area contributed by atoms with Gasteiger partial charge in [0.1, 0.15) is 0 Å². The Morgan fingerprint density at radius 3 is 2.44 bits per heavy atom. The quantitative estimate of drug-likeness (QED) is 0.790. The van der Waals surface area contributed by atoms with Gasteiger partial charge in [-0.25, -0.2) is 0 Å². The van der Waals surface area contributed by atoms with Crippen molar-refractivity contribution < 1.29 is 0 Å². The van der Waals surface area contributed by atoms with Crippen LogP contribution >= 0.6 is 11.8 Å². The van der Waals surface area contributed by atoms with Crippen LogP contribution in [0.5, 0.6) is 0 Å². The first kappa shape index (κ1) is 11.0. The van der Waals surface area contributed by atoms with E-state index in [1.165, 1.54) is 11.1 Å². The lowest BCUT2D eigenvalue weighted by molar-refractivity contribution is 1.31. The fourth-order valence-electron chi connectivity index (χ4n) is 1.56. The predicted molar refractivity (Wildman–Crippen MR) is 71.3 cm³/mol. The van der Waals surface area contributed by atoms with Crippen LogP contribution in [0.25, 0.3) is 5.57 Å². The first-order chi connectivity index (χ1) is 7.92. The van der Waals surface area contributed by atoms with Gasteiger partial charge in [-0.3, -0.25) is 4.98 Å². The number of rotatable bonds is 3. The van der Waals surface area contributed by atoms with Gasteiger partial charge < -0.3 is 0 Å². The lowest BCUT2D eigenvalue weighted by atomic mass is 10.0. The van der Waals surface area contributed by atoms with Gasteiger partial charge in [0, 0.05) is 18.0 Å². The van der Waals surface area contributed by atoms with Crippen molar-refractivity contribution in [3.8, 4) is 0 Å². The fourth-order valence-corrected chi connectivity index (χ4v) is 2.07. The molecule has 0 saturated carbocycles. The highest BCUT2D eigenvalue weighted by Crippen LogP contribution is 2.24. The summed E-state index contributed by atoms with van der Waals surface area (Å²) in [5, 5.41) is 2.16. The Hall–Kier alpha value is -1.54. The standard InChI is InChI=1S/C14H13NS/c1-16-11-14(12-6-3-2-4-7-12)13-8-5-9-15-10-13/h2-11H,1H3/b14-11-. The molecule has 2 rings (SSSR count). The predicted octanol–water partition coefficient (Wildman–Crippen LogP) is 3.83. The molecule has 0 spiro atoms. The van der Waals surface area contributed by atoms with Crippen molar-refractivity contribution in [3.63, 3.8) is 0 Å². The average molecular weight is 227 g/mol. The van der Waals surface area contributed by atoms with Gasteiger partial charge in [0.15, 0.2) is 0 Å². The van der Waals surface area contributed by atoms with Gasteiger partial charge in [0.2, 0.25) is 0 Å². The molecule has 16 heavy (non-hydrogen) atoms. The number of hydrogen-bond donors (Lipinski definition) is 0. The molecule has 1 aromatic heterocycles. The van der Waals surface area contributed by atoms with Crippen LogP contribution in [0.1, 0.15) is 11.1 Å². The maximum Gasteiger partial charge on any atom is 0.0346 e. The maximum absolute atomic E-state index is 4.16. The molecule has 1 nitrogen and oxygen atoms in total. The molecule has 2 heteroatoms. The third-order valence-corrected chi connectivity index (χ3v) is 2.76. The Balaban J connectivity index is 2.44. The van der Waals surface area contributed by atoms with Gasteiger partial charge in [-0.05, 0) is 28.9 Å². The minimum absolute atomic E-state index is 1.16. The Morgan fingerprint density at radius 1 is 1.06 bits per heavy atom. The van der Waals surface area contributed by atoms with Gasteiger partial charge in [-0.1, -0.05) is 36.4 Å². The first-order valence-electron chi connectivity index (χ1n) is 5.10. The van der Waals surface area contributed by atoms with Crippen molar-refractivity contribution in [2.24, 2.45) is 0 Å². The normalized spacial score (nSPS) is 11.4. The van der Waals surface area contributed by atoms with E-state index in [4.69, 9.17) is 0 Å². The lowest BCUT2D eigenvalue weighted by Gasteiger charge is -2.06. The topological polar surface area (TPSA) is 12.9 Å². The minimum Gasteiger partial charge on any atom is -0.264 e. The third kappa shape index (κ3) is 2.52. The van der Waals surface area contributed by atoms with Gasteiger partial charge in [0.25, 0.3) is 0 Å². The Kier molecular flexibility index (Phi) is 3.78. The smallest absolute Gasteiger partial charge is 0.0346 e. The zero-order valence-corrected chi connectivity index (χ0v) is 9.95. The SMILES string of the molecule is CS/C=C(/c1ccccc1)c1cccnc1. The van der Waals surface area contributed by atoms with Crippen molar-refractivity contribution in [1.82, 2.24) is 4.98 Å². The van der Waals surface area contributed by atoms with Crippen LogP contribution in [0.2, 0.25) is 0 Å². The van der Waals surface area contributed by atoms with Crippen molar-refractivity contribution in [2.75, 3.05) is 6.26 Å². The van der Waals surface area contributed by atoms with Crippen molar-refractivity contribution in [2.45, 2.75) is 0 Å². The summed E-state index contributed by atoms with van der Waals surface area (Å²) in [6, 6.07) is 14.4. The summed E-state index contributed by atoms with van der Waals surface area (Å²) < 4.78 is 0. The highest BCUT2D eigenvalue weighted by molar-refractivity contribution is 8.01. The van der Waals surface area contributed by atoms with Crippen molar-refractivity contribution in [1.29, 1.82) is 0 Å². The van der Waals surface area contributed by atoms with E-state index < -0.39 is 0 Å². The third-order valence-electron chi connectivity index (χ3n) is 2.29. The van der Waals surface area contributed by atoms with E-state index in [1.54, 1.807) is 18.0 Å². The van der Waals surface area contributed by atoms with E-state index in [0.29, 0.717) is 0 Å². The van der Waals surface area contributed by atoms with E-state index in [0.717, 1.165) is 5.56 Å². The molecule has 0 fully saturated rings. The number of aromatic nitrogens is 1. The van der Waals surface area contributed by atoms with Gasteiger partial charge in [-0.2, -0.15) is 0 Å². The molecule has 0 amide bonds. The second-order valence-corrected chi connectivity index (χ2v) is 4.08. The first-order valence-corrected chi connectivity index (χ1v) is 6.39. The molecule has 0 unspecified atom stereocenters. The van der Waals surface area contributed by atoms with Gasteiger partial charge in [-0.15, -0.1) is 11.8 Å². The Morgan fingerprint density at radius 2 is 1.81 bits per heavy atom. The molecule has 0 radical (unpaired) electrons. The summed E-state index contributed by atoms with van der Waals surface area (Å²) in [5.41, 5.74) is 3.61. The zero-order valence-electron chi connectivity index (χ0n) is 9.13. The van der Waals surface area contributed by atoms with Crippen LogP contribution in [0.3, 0.4) is 0 Å². The second-order valence-electron chi connectivity index (χ2n) is 3.37. The minimum atomic E-state index is 1.16. The maximum atomic E-state index is 4.16. The highest BCUT2D eigenvalue weighted by atomic mass is 32.2. The fraction of sp³-hybridized carbons (Fsp3) is 0.0714. The summed E-state index contributed by atoms with van der Waals surface area (Å²) in [6.45, 7) is 0. The molecule has 0 saturated heterocycles. The number of hydrogen-bond acceptors (Lipinski definition) is 2. The summed E-state index contributed by atoms with van der Waals surface area (Å²) in [5.74, 6) is 0. The van der Waals surface area contributed by atoms with Gasteiger partial charge in [0.05, 0.1) is 0 Å². The Labute approximate surface area is 100 Å². The molecule has 0 N–H and O–H groups in total. The van der Waals surface area contributed by atoms with Gasteiger partial charge >= 0.3 is 0 Å².